The van der Waals surface area contributed by atoms with E-state index in [1.807, 2.05) is 24.4 Å². The third-order valence-corrected chi connectivity index (χ3v) is 6.30. The van der Waals surface area contributed by atoms with E-state index in [0.29, 0.717) is 24.1 Å². The molecule has 3 atom stereocenters. The van der Waals surface area contributed by atoms with Crippen molar-refractivity contribution in [1.82, 2.24) is 5.32 Å². The average molecular weight is 295 g/mol. The first-order valence-electron chi connectivity index (χ1n) is 7.70. The zero-order valence-electron chi connectivity index (χ0n) is 12.4. The summed E-state index contributed by atoms with van der Waals surface area (Å²) in [6.45, 7) is 5.41. The predicted molar refractivity (Wildman–Crippen MR) is 82.0 cm³/mol. The van der Waals surface area contributed by atoms with E-state index < -0.39 is 5.60 Å². The van der Waals surface area contributed by atoms with Crippen LogP contribution in [0.4, 0.5) is 0 Å². The van der Waals surface area contributed by atoms with Crippen LogP contribution < -0.4 is 5.32 Å². The topological polar surface area (TPSA) is 41.5 Å². The lowest BCUT2D eigenvalue weighted by Crippen LogP contribution is -2.67. The molecule has 1 aromatic heterocycles. The second-order valence-corrected chi connectivity index (χ2v) is 7.40. The number of thiophene rings is 1. The third-order valence-electron chi connectivity index (χ3n) is 5.18. The summed E-state index contributed by atoms with van der Waals surface area (Å²) >= 11 is 1.62. The quantitative estimate of drug-likeness (QED) is 0.848. The largest absolute Gasteiger partial charge is 0.383 e. The Morgan fingerprint density at radius 2 is 2.35 bits per heavy atom. The molecule has 4 heteroatoms. The predicted octanol–water partition coefficient (Wildman–Crippen LogP) is 2.89. The first-order chi connectivity index (χ1) is 9.58. The molecule has 2 aliphatic rings. The molecule has 1 spiro atoms. The van der Waals surface area contributed by atoms with Crippen molar-refractivity contribution in [3.05, 3.63) is 22.4 Å². The maximum Gasteiger partial charge on any atom is 0.108 e. The number of aliphatic hydroxyl groups is 1. The average Bonchev–Trinajstić information content (AvgIpc) is 2.85. The van der Waals surface area contributed by atoms with Gasteiger partial charge in [-0.05, 0) is 44.6 Å². The lowest BCUT2D eigenvalue weighted by molar-refractivity contribution is -0.175. The molecule has 2 aliphatic carbocycles. The molecule has 0 saturated heterocycles. The van der Waals surface area contributed by atoms with E-state index in [-0.39, 0.29) is 0 Å². The Kier molecular flexibility index (Phi) is 3.93. The van der Waals surface area contributed by atoms with Crippen molar-refractivity contribution in [2.24, 2.45) is 5.41 Å². The Hall–Kier alpha value is -0.420. The van der Waals surface area contributed by atoms with Gasteiger partial charge in [0.25, 0.3) is 0 Å². The van der Waals surface area contributed by atoms with Crippen LogP contribution in [0.25, 0.3) is 0 Å². The summed E-state index contributed by atoms with van der Waals surface area (Å²) in [6, 6.07) is 4.52. The van der Waals surface area contributed by atoms with Crippen LogP contribution in [0.3, 0.4) is 0 Å². The van der Waals surface area contributed by atoms with Crippen LogP contribution >= 0.6 is 11.3 Å². The molecular formula is C16H25NO2S. The van der Waals surface area contributed by atoms with Crippen molar-refractivity contribution in [2.45, 2.75) is 57.3 Å². The molecule has 0 amide bonds. The summed E-state index contributed by atoms with van der Waals surface area (Å²) in [5, 5.41) is 16.2. The first-order valence-corrected chi connectivity index (χ1v) is 8.58. The van der Waals surface area contributed by atoms with Crippen LogP contribution in [0.2, 0.25) is 0 Å². The summed E-state index contributed by atoms with van der Waals surface area (Å²) in [6.07, 6.45) is 5.40. The Morgan fingerprint density at radius 1 is 1.55 bits per heavy atom. The van der Waals surface area contributed by atoms with Crippen LogP contribution in [0.1, 0.15) is 44.4 Å². The van der Waals surface area contributed by atoms with Gasteiger partial charge in [0.2, 0.25) is 0 Å². The molecule has 3 rings (SSSR count). The molecule has 3 unspecified atom stereocenters. The van der Waals surface area contributed by atoms with Gasteiger partial charge in [0.1, 0.15) is 5.60 Å². The molecule has 0 radical (unpaired) electrons. The van der Waals surface area contributed by atoms with Gasteiger partial charge >= 0.3 is 0 Å². The lowest BCUT2D eigenvalue weighted by Gasteiger charge is -2.61. The molecule has 0 aromatic carbocycles. The minimum atomic E-state index is -0.768. The molecule has 2 N–H and O–H groups in total. The van der Waals surface area contributed by atoms with E-state index in [9.17, 15) is 5.11 Å². The molecule has 0 aliphatic heterocycles. The highest BCUT2D eigenvalue weighted by atomic mass is 32.1. The number of hydrogen-bond donors (Lipinski definition) is 2. The highest BCUT2D eigenvalue weighted by molar-refractivity contribution is 7.10. The van der Waals surface area contributed by atoms with Crippen molar-refractivity contribution in [1.29, 1.82) is 0 Å². The number of nitrogens with one attached hydrogen (secondary N) is 1. The summed E-state index contributed by atoms with van der Waals surface area (Å²) in [4.78, 5) is 1.04. The summed E-state index contributed by atoms with van der Waals surface area (Å²) < 4.78 is 5.87. The van der Waals surface area contributed by atoms with Crippen LogP contribution in [0.5, 0.6) is 0 Å². The van der Waals surface area contributed by atoms with Crippen molar-refractivity contribution in [3.8, 4) is 0 Å². The normalized spacial score (nSPS) is 30.6. The molecule has 20 heavy (non-hydrogen) atoms. The van der Waals surface area contributed by atoms with Crippen LogP contribution in [0, 0.1) is 5.41 Å². The minimum absolute atomic E-state index is 0.363. The summed E-state index contributed by atoms with van der Waals surface area (Å²) in [7, 11) is 0. The SMILES string of the molecule is CCOC1CC(NCC(C)(O)c2cccs2)C12CCC2. The fourth-order valence-corrected chi connectivity index (χ4v) is 4.51. The zero-order valence-corrected chi connectivity index (χ0v) is 13.2. The van der Waals surface area contributed by atoms with Crippen LogP contribution in [-0.2, 0) is 10.3 Å². The highest BCUT2D eigenvalue weighted by Crippen LogP contribution is 2.57. The molecule has 2 saturated carbocycles. The fourth-order valence-electron chi connectivity index (χ4n) is 3.72. The van der Waals surface area contributed by atoms with Gasteiger partial charge in [0, 0.05) is 29.5 Å². The molecule has 3 nitrogen and oxygen atoms in total. The zero-order chi connectivity index (χ0) is 14.2. The van der Waals surface area contributed by atoms with E-state index in [1.54, 1.807) is 11.3 Å². The highest BCUT2D eigenvalue weighted by Gasteiger charge is 2.58. The van der Waals surface area contributed by atoms with Crippen molar-refractivity contribution < 1.29 is 9.84 Å². The van der Waals surface area contributed by atoms with E-state index >= 15 is 0 Å². The van der Waals surface area contributed by atoms with E-state index in [0.717, 1.165) is 17.9 Å². The van der Waals surface area contributed by atoms with Gasteiger partial charge in [0.15, 0.2) is 0 Å². The maximum atomic E-state index is 10.6. The third kappa shape index (κ3) is 2.33. The second-order valence-electron chi connectivity index (χ2n) is 6.45. The molecule has 1 aromatic rings. The molecular weight excluding hydrogens is 270 g/mol. The summed E-state index contributed by atoms with van der Waals surface area (Å²) in [5.74, 6) is 0. The maximum absolute atomic E-state index is 10.6. The number of hydrogen-bond acceptors (Lipinski definition) is 4. The van der Waals surface area contributed by atoms with Crippen molar-refractivity contribution >= 4 is 11.3 Å². The number of ether oxygens (including phenoxy) is 1. The minimum Gasteiger partial charge on any atom is -0.383 e. The standard InChI is InChI=1S/C16H25NO2S/c1-3-19-13-10-12(16(13)7-5-8-16)17-11-15(2,18)14-6-4-9-20-14/h4,6,9,12-13,17-18H,3,5,7-8,10-11H2,1-2H3. The lowest BCUT2D eigenvalue weighted by atomic mass is 9.51. The van der Waals surface area contributed by atoms with E-state index in [2.05, 4.69) is 12.2 Å². The van der Waals surface area contributed by atoms with Crippen LogP contribution in [0.15, 0.2) is 17.5 Å². The smallest absolute Gasteiger partial charge is 0.108 e. The van der Waals surface area contributed by atoms with Gasteiger partial charge in [-0.3, -0.25) is 0 Å². The summed E-state index contributed by atoms with van der Waals surface area (Å²) in [5.41, 5.74) is -0.405. The molecule has 112 valence electrons. The van der Waals surface area contributed by atoms with Gasteiger partial charge in [-0.25, -0.2) is 0 Å². The Morgan fingerprint density at radius 3 is 2.90 bits per heavy atom. The van der Waals surface area contributed by atoms with Gasteiger partial charge in [-0.15, -0.1) is 11.3 Å². The Bertz CT molecular complexity index is 439. The van der Waals surface area contributed by atoms with Crippen molar-refractivity contribution in [2.75, 3.05) is 13.2 Å². The van der Waals surface area contributed by atoms with Gasteiger partial charge < -0.3 is 15.2 Å². The Labute approximate surface area is 125 Å². The first kappa shape index (κ1) is 14.5. The van der Waals surface area contributed by atoms with Gasteiger partial charge in [-0.2, -0.15) is 0 Å². The molecule has 0 bridgehead atoms. The van der Waals surface area contributed by atoms with Gasteiger partial charge in [0.05, 0.1) is 6.10 Å². The fraction of sp³-hybridized carbons (Fsp3) is 0.750. The molecule has 1 heterocycles. The van der Waals surface area contributed by atoms with Gasteiger partial charge in [-0.1, -0.05) is 12.5 Å². The monoisotopic (exact) mass is 295 g/mol. The second kappa shape index (κ2) is 5.41. The molecule has 2 fully saturated rings. The van der Waals surface area contributed by atoms with E-state index in [1.165, 1.54) is 19.3 Å². The van der Waals surface area contributed by atoms with E-state index in [4.69, 9.17) is 4.74 Å². The Balaban J connectivity index is 1.57. The van der Waals surface area contributed by atoms with Crippen molar-refractivity contribution in [3.63, 3.8) is 0 Å². The van der Waals surface area contributed by atoms with Crippen LogP contribution in [-0.4, -0.2) is 30.4 Å². The number of rotatable bonds is 6.